The number of aryl methyl sites for hydroxylation is 1. The second kappa shape index (κ2) is 5.36. The summed E-state index contributed by atoms with van der Waals surface area (Å²) in [5.74, 6) is 0.497. The van der Waals surface area contributed by atoms with Gasteiger partial charge in [0.05, 0.1) is 17.2 Å². The molecule has 0 bridgehead atoms. The van der Waals surface area contributed by atoms with E-state index in [2.05, 4.69) is 22.1 Å². The van der Waals surface area contributed by atoms with Crippen LogP contribution in [-0.4, -0.2) is 52.4 Å². The van der Waals surface area contributed by atoms with E-state index in [1.807, 2.05) is 17.8 Å². The van der Waals surface area contributed by atoms with Gasteiger partial charge >= 0.3 is 0 Å². The molecule has 0 aliphatic carbocycles. The molecule has 2 rings (SSSR count). The third-order valence-corrected chi connectivity index (χ3v) is 5.01. The summed E-state index contributed by atoms with van der Waals surface area (Å²) in [4.78, 5) is 2.15. The lowest BCUT2D eigenvalue weighted by Gasteiger charge is -2.32. The third kappa shape index (κ3) is 3.29. The van der Waals surface area contributed by atoms with E-state index in [0.717, 1.165) is 18.7 Å². The van der Waals surface area contributed by atoms with Gasteiger partial charge in [0.25, 0.3) is 0 Å². The van der Waals surface area contributed by atoms with Crippen molar-refractivity contribution in [3.05, 3.63) is 11.9 Å². The van der Waals surface area contributed by atoms with Crippen molar-refractivity contribution in [2.45, 2.75) is 39.4 Å². The smallest absolute Gasteiger partial charge is 0.153 e. The van der Waals surface area contributed by atoms with Gasteiger partial charge in [0.2, 0.25) is 0 Å². The topological polar surface area (TPSA) is 68.1 Å². The van der Waals surface area contributed by atoms with Crippen molar-refractivity contribution in [3.63, 3.8) is 0 Å². The third-order valence-electron chi connectivity index (χ3n) is 3.21. The number of aromatic nitrogens is 3. The highest BCUT2D eigenvalue weighted by molar-refractivity contribution is 7.91. The minimum absolute atomic E-state index is 0.0556. The zero-order chi connectivity index (χ0) is 13.2. The van der Waals surface area contributed by atoms with Crippen LogP contribution in [0.4, 0.5) is 0 Å². The van der Waals surface area contributed by atoms with Crippen LogP contribution in [0, 0.1) is 0 Å². The van der Waals surface area contributed by atoms with E-state index in [9.17, 15) is 8.42 Å². The Morgan fingerprint density at radius 2 is 2.28 bits per heavy atom. The molecular formula is C11H20N4O2S. The molecule has 1 aromatic heterocycles. The van der Waals surface area contributed by atoms with Crippen LogP contribution in [0.1, 0.15) is 26.0 Å². The first-order valence-corrected chi connectivity index (χ1v) is 8.16. The van der Waals surface area contributed by atoms with E-state index in [-0.39, 0.29) is 17.5 Å². The van der Waals surface area contributed by atoms with Gasteiger partial charge in [-0.2, -0.15) is 0 Å². The molecule has 102 valence electrons. The summed E-state index contributed by atoms with van der Waals surface area (Å²) >= 11 is 0. The number of nitrogens with zero attached hydrogens (tertiary/aromatic N) is 4. The van der Waals surface area contributed by atoms with E-state index < -0.39 is 9.84 Å². The van der Waals surface area contributed by atoms with E-state index >= 15 is 0 Å². The zero-order valence-electron chi connectivity index (χ0n) is 10.9. The molecule has 1 aliphatic rings. The van der Waals surface area contributed by atoms with Gasteiger partial charge in [-0.15, -0.1) is 5.10 Å². The number of rotatable bonds is 4. The molecule has 2 heterocycles. The molecule has 1 atom stereocenters. The first-order chi connectivity index (χ1) is 8.50. The van der Waals surface area contributed by atoms with Crippen LogP contribution in [0.25, 0.3) is 0 Å². The molecule has 1 fully saturated rings. The standard InChI is InChI=1S/C11H20N4O2S/c1-3-4-15-8-11(12-13-15)7-14-5-6-18(16,17)9-10(14)2/h8,10H,3-7,9H2,1-2H3. The Balaban J connectivity index is 1.97. The normalized spacial score (nSPS) is 24.2. The maximum atomic E-state index is 11.5. The molecule has 0 saturated carbocycles. The van der Waals surface area contributed by atoms with Crippen LogP contribution in [0.5, 0.6) is 0 Å². The highest BCUT2D eigenvalue weighted by Gasteiger charge is 2.28. The molecule has 0 amide bonds. The molecule has 0 radical (unpaired) electrons. The molecule has 1 saturated heterocycles. The maximum Gasteiger partial charge on any atom is 0.153 e. The Morgan fingerprint density at radius 1 is 1.50 bits per heavy atom. The van der Waals surface area contributed by atoms with Crippen molar-refractivity contribution >= 4 is 9.84 Å². The molecule has 0 aromatic carbocycles. The molecule has 1 unspecified atom stereocenters. The second-order valence-electron chi connectivity index (χ2n) is 4.91. The Labute approximate surface area is 108 Å². The van der Waals surface area contributed by atoms with Crippen molar-refractivity contribution < 1.29 is 8.42 Å². The fourth-order valence-corrected chi connectivity index (χ4v) is 3.85. The lowest BCUT2D eigenvalue weighted by Crippen LogP contribution is -2.46. The fraction of sp³-hybridized carbons (Fsp3) is 0.818. The summed E-state index contributed by atoms with van der Waals surface area (Å²) in [6.07, 6.45) is 2.97. The van der Waals surface area contributed by atoms with E-state index in [1.165, 1.54) is 0 Å². The maximum absolute atomic E-state index is 11.5. The highest BCUT2D eigenvalue weighted by atomic mass is 32.2. The van der Waals surface area contributed by atoms with Crippen LogP contribution >= 0.6 is 0 Å². The van der Waals surface area contributed by atoms with E-state index in [0.29, 0.717) is 13.1 Å². The van der Waals surface area contributed by atoms with E-state index in [1.54, 1.807) is 0 Å². The van der Waals surface area contributed by atoms with Gasteiger partial charge in [-0.05, 0) is 13.3 Å². The molecule has 0 spiro atoms. The van der Waals surface area contributed by atoms with Crippen LogP contribution < -0.4 is 0 Å². The summed E-state index contributed by atoms with van der Waals surface area (Å²) in [7, 11) is -2.84. The van der Waals surface area contributed by atoms with Crippen LogP contribution in [0.15, 0.2) is 6.20 Å². The van der Waals surface area contributed by atoms with Crippen molar-refractivity contribution in [3.8, 4) is 0 Å². The summed E-state index contributed by atoms with van der Waals surface area (Å²) in [5, 5.41) is 8.17. The quantitative estimate of drug-likeness (QED) is 0.789. The van der Waals surface area contributed by atoms with Gasteiger partial charge in [-0.1, -0.05) is 12.1 Å². The number of hydrogen-bond donors (Lipinski definition) is 0. The predicted octanol–water partition coefficient (Wildman–Crippen LogP) is 0.307. The summed E-state index contributed by atoms with van der Waals surface area (Å²) in [5.41, 5.74) is 0.912. The Morgan fingerprint density at radius 3 is 2.94 bits per heavy atom. The highest BCUT2D eigenvalue weighted by Crippen LogP contribution is 2.14. The predicted molar refractivity (Wildman–Crippen MR) is 68.8 cm³/mol. The lowest BCUT2D eigenvalue weighted by atomic mass is 10.3. The van der Waals surface area contributed by atoms with E-state index in [4.69, 9.17) is 0 Å². The van der Waals surface area contributed by atoms with Crippen LogP contribution in [-0.2, 0) is 22.9 Å². The van der Waals surface area contributed by atoms with Crippen LogP contribution in [0.2, 0.25) is 0 Å². The molecule has 1 aliphatic heterocycles. The Hall–Kier alpha value is -0.950. The van der Waals surface area contributed by atoms with Gasteiger partial charge in [-0.25, -0.2) is 8.42 Å². The number of sulfone groups is 1. The molecule has 7 heteroatoms. The molecule has 1 aromatic rings. The largest absolute Gasteiger partial charge is 0.293 e. The summed E-state index contributed by atoms with van der Waals surface area (Å²) in [6.45, 7) is 6.19. The Bertz CT molecular complexity index is 497. The van der Waals surface area contributed by atoms with Crippen molar-refractivity contribution in [2.75, 3.05) is 18.1 Å². The molecule has 0 N–H and O–H groups in total. The average Bonchev–Trinajstić information content (AvgIpc) is 2.70. The first-order valence-electron chi connectivity index (χ1n) is 6.33. The van der Waals surface area contributed by atoms with Gasteiger partial charge in [0.15, 0.2) is 9.84 Å². The average molecular weight is 272 g/mol. The monoisotopic (exact) mass is 272 g/mol. The SMILES string of the molecule is CCCn1cc(CN2CCS(=O)(=O)CC2C)nn1. The van der Waals surface area contributed by atoms with Crippen LogP contribution in [0.3, 0.4) is 0 Å². The second-order valence-corrected chi connectivity index (χ2v) is 7.14. The minimum atomic E-state index is -2.84. The fourth-order valence-electron chi connectivity index (χ4n) is 2.23. The molecular weight excluding hydrogens is 252 g/mol. The Kier molecular flexibility index (Phi) is 4.01. The van der Waals surface area contributed by atoms with Crippen molar-refractivity contribution in [1.82, 2.24) is 19.9 Å². The summed E-state index contributed by atoms with van der Waals surface area (Å²) < 4.78 is 24.8. The summed E-state index contributed by atoms with van der Waals surface area (Å²) in [6, 6.07) is 0.0556. The zero-order valence-corrected chi connectivity index (χ0v) is 11.7. The lowest BCUT2D eigenvalue weighted by molar-refractivity contribution is 0.215. The number of hydrogen-bond acceptors (Lipinski definition) is 5. The first kappa shape index (κ1) is 13.5. The van der Waals surface area contributed by atoms with Gasteiger partial charge in [0.1, 0.15) is 0 Å². The van der Waals surface area contributed by atoms with Crippen molar-refractivity contribution in [1.29, 1.82) is 0 Å². The van der Waals surface area contributed by atoms with Gasteiger partial charge < -0.3 is 0 Å². The van der Waals surface area contributed by atoms with Crippen molar-refractivity contribution in [2.24, 2.45) is 0 Å². The molecule has 18 heavy (non-hydrogen) atoms. The van der Waals surface area contributed by atoms with Gasteiger partial charge in [-0.3, -0.25) is 9.58 Å². The molecule has 6 nitrogen and oxygen atoms in total. The van der Waals surface area contributed by atoms with Gasteiger partial charge in [0, 0.05) is 31.9 Å². The minimum Gasteiger partial charge on any atom is -0.293 e.